The monoisotopic (exact) mass is 297 g/mol. The van der Waals surface area contributed by atoms with E-state index in [0.29, 0.717) is 11.8 Å². The van der Waals surface area contributed by atoms with Gasteiger partial charge in [-0.1, -0.05) is 30.7 Å². The van der Waals surface area contributed by atoms with E-state index in [0.717, 1.165) is 18.7 Å². The van der Waals surface area contributed by atoms with Gasteiger partial charge in [0.25, 0.3) is 0 Å². The number of aliphatic hydroxyl groups excluding tert-OH is 2. The fraction of sp³-hybridized carbons (Fsp3) is 0.625. The van der Waals surface area contributed by atoms with Gasteiger partial charge in [0.15, 0.2) is 0 Å². The molecule has 1 aromatic rings. The van der Waals surface area contributed by atoms with Gasteiger partial charge in [0, 0.05) is 17.5 Å². The molecule has 1 aromatic carbocycles. The maximum atomic E-state index is 9.42. The first kappa shape index (κ1) is 17.5. The maximum Gasteiger partial charge on any atom is 0.0861 e. The first-order valence-electron chi connectivity index (χ1n) is 7.25. The second-order valence-electron chi connectivity index (χ2n) is 5.24. The van der Waals surface area contributed by atoms with Gasteiger partial charge in [-0.3, -0.25) is 0 Å². The molecule has 2 unspecified atom stereocenters. The van der Waals surface area contributed by atoms with Gasteiger partial charge in [0.1, 0.15) is 0 Å². The van der Waals surface area contributed by atoms with Crippen molar-refractivity contribution in [1.82, 2.24) is 5.32 Å². The van der Waals surface area contributed by atoms with E-state index < -0.39 is 6.10 Å². The van der Waals surface area contributed by atoms with Crippen molar-refractivity contribution in [1.29, 1.82) is 0 Å². The lowest BCUT2D eigenvalue weighted by Gasteiger charge is -2.21. The second kappa shape index (κ2) is 9.40. The highest BCUT2D eigenvalue weighted by molar-refractivity contribution is 7.99. The lowest BCUT2D eigenvalue weighted by molar-refractivity contribution is 0.113. The number of rotatable bonds is 9. The van der Waals surface area contributed by atoms with E-state index in [2.05, 4.69) is 44.3 Å². The van der Waals surface area contributed by atoms with Crippen molar-refractivity contribution in [3.63, 3.8) is 0 Å². The Morgan fingerprint density at radius 3 is 2.65 bits per heavy atom. The molecule has 0 aliphatic heterocycles. The van der Waals surface area contributed by atoms with Gasteiger partial charge in [-0.25, -0.2) is 0 Å². The van der Waals surface area contributed by atoms with Crippen molar-refractivity contribution in [2.75, 3.05) is 24.7 Å². The molecule has 2 atom stereocenters. The van der Waals surface area contributed by atoms with Crippen molar-refractivity contribution in [3.8, 4) is 0 Å². The van der Waals surface area contributed by atoms with Gasteiger partial charge in [-0.05, 0) is 37.9 Å². The van der Waals surface area contributed by atoms with E-state index in [1.54, 1.807) is 11.8 Å². The first-order chi connectivity index (χ1) is 9.58. The number of hydrogen-bond acceptors (Lipinski definition) is 4. The molecule has 0 radical (unpaired) electrons. The highest BCUT2D eigenvalue weighted by Gasteiger charge is 2.14. The van der Waals surface area contributed by atoms with E-state index >= 15 is 0 Å². The van der Waals surface area contributed by atoms with Crippen molar-refractivity contribution < 1.29 is 10.2 Å². The summed E-state index contributed by atoms with van der Waals surface area (Å²) in [4.78, 5) is 0. The Morgan fingerprint density at radius 2 is 2.00 bits per heavy atom. The van der Waals surface area contributed by atoms with Crippen LogP contribution in [0, 0.1) is 13.8 Å². The van der Waals surface area contributed by atoms with Gasteiger partial charge in [0.05, 0.1) is 12.7 Å². The highest BCUT2D eigenvalue weighted by Crippen LogP contribution is 2.23. The molecule has 0 aliphatic carbocycles. The molecule has 0 aliphatic rings. The average Bonchev–Trinajstić information content (AvgIpc) is 2.45. The van der Waals surface area contributed by atoms with Crippen molar-refractivity contribution in [2.45, 2.75) is 39.3 Å². The van der Waals surface area contributed by atoms with E-state index in [4.69, 9.17) is 5.11 Å². The molecule has 114 valence electrons. The van der Waals surface area contributed by atoms with Crippen LogP contribution in [-0.2, 0) is 0 Å². The fourth-order valence-electron chi connectivity index (χ4n) is 2.09. The molecule has 0 spiro atoms. The lowest BCUT2D eigenvalue weighted by atomic mass is 10.00. The summed E-state index contributed by atoms with van der Waals surface area (Å²) in [5.74, 6) is 1.48. The lowest BCUT2D eigenvalue weighted by Crippen LogP contribution is -2.26. The Morgan fingerprint density at radius 1 is 1.25 bits per heavy atom. The molecule has 0 aromatic heterocycles. The predicted octanol–water partition coefficient (Wildman–Crippen LogP) is 2.43. The van der Waals surface area contributed by atoms with Crippen molar-refractivity contribution in [3.05, 3.63) is 34.9 Å². The topological polar surface area (TPSA) is 52.5 Å². The predicted molar refractivity (Wildman–Crippen MR) is 87.4 cm³/mol. The van der Waals surface area contributed by atoms with Crippen LogP contribution in [0.1, 0.15) is 36.1 Å². The summed E-state index contributed by atoms with van der Waals surface area (Å²) in [6.07, 6.45) is 0.483. The molecule has 0 amide bonds. The summed E-state index contributed by atoms with van der Waals surface area (Å²) >= 11 is 1.68. The molecule has 3 N–H and O–H groups in total. The zero-order valence-corrected chi connectivity index (χ0v) is 13.5. The van der Waals surface area contributed by atoms with Crippen LogP contribution in [0.25, 0.3) is 0 Å². The molecular formula is C16H27NO2S. The summed E-state index contributed by atoms with van der Waals surface area (Å²) in [5, 5.41) is 21.9. The molecule has 0 saturated carbocycles. The standard InChI is InChI=1S/C16H27NO2S/c1-4-7-17-16(11-20-10-14(19)9-18)15-8-12(2)5-6-13(15)3/h5-6,8,14,16-19H,4,7,9-11H2,1-3H3. The van der Waals surface area contributed by atoms with Crippen LogP contribution >= 0.6 is 11.8 Å². The van der Waals surface area contributed by atoms with E-state index in [1.807, 2.05) is 0 Å². The van der Waals surface area contributed by atoms with Gasteiger partial charge in [-0.15, -0.1) is 0 Å². The zero-order chi connectivity index (χ0) is 15.0. The molecule has 0 saturated heterocycles. The second-order valence-corrected chi connectivity index (χ2v) is 6.32. The normalized spacial score (nSPS) is 14.2. The molecule has 3 nitrogen and oxygen atoms in total. The fourth-order valence-corrected chi connectivity index (χ4v) is 3.13. The number of hydrogen-bond donors (Lipinski definition) is 3. The van der Waals surface area contributed by atoms with Crippen LogP contribution < -0.4 is 5.32 Å². The third-order valence-electron chi connectivity index (χ3n) is 3.26. The minimum Gasteiger partial charge on any atom is -0.394 e. The van der Waals surface area contributed by atoms with Crippen LogP contribution in [0.3, 0.4) is 0 Å². The Balaban J connectivity index is 2.70. The van der Waals surface area contributed by atoms with Gasteiger partial charge in [0.2, 0.25) is 0 Å². The number of benzene rings is 1. The Labute approximate surface area is 126 Å². The van der Waals surface area contributed by atoms with Crippen LogP contribution in [0.15, 0.2) is 18.2 Å². The van der Waals surface area contributed by atoms with E-state index in [9.17, 15) is 5.11 Å². The van der Waals surface area contributed by atoms with Crippen molar-refractivity contribution >= 4 is 11.8 Å². The summed E-state index contributed by atoms with van der Waals surface area (Å²) in [6, 6.07) is 6.84. The SMILES string of the molecule is CCCNC(CSCC(O)CO)c1cc(C)ccc1C. The van der Waals surface area contributed by atoms with Crippen molar-refractivity contribution in [2.24, 2.45) is 0 Å². The highest BCUT2D eigenvalue weighted by atomic mass is 32.2. The Hall–Kier alpha value is -0.550. The molecule has 0 fully saturated rings. The largest absolute Gasteiger partial charge is 0.394 e. The third kappa shape index (κ3) is 5.83. The molecule has 4 heteroatoms. The number of aryl methyl sites for hydroxylation is 2. The first-order valence-corrected chi connectivity index (χ1v) is 8.41. The maximum absolute atomic E-state index is 9.42. The van der Waals surface area contributed by atoms with E-state index in [-0.39, 0.29) is 6.61 Å². The molecule has 1 rings (SSSR count). The quantitative estimate of drug-likeness (QED) is 0.655. The Kier molecular flexibility index (Phi) is 8.22. The smallest absolute Gasteiger partial charge is 0.0861 e. The van der Waals surface area contributed by atoms with Crippen LogP contribution in [0.4, 0.5) is 0 Å². The minimum absolute atomic E-state index is 0.163. The van der Waals surface area contributed by atoms with Crippen LogP contribution in [0.2, 0.25) is 0 Å². The van der Waals surface area contributed by atoms with Gasteiger partial charge < -0.3 is 15.5 Å². The number of nitrogens with one attached hydrogen (secondary N) is 1. The summed E-state index contributed by atoms with van der Waals surface area (Å²) < 4.78 is 0. The summed E-state index contributed by atoms with van der Waals surface area (Å²) in [5.41, 5.74) is 3.91. The third-order valence-corrected chi connectivity index (χ3v) is 4.45. The van der Waals surface area contributed by atoms with Gasteiger partial charge >= 0.3 is 0 Å². The summed E-state index contributed by atoms with van der Waals surface area (Å²) in [6.45, 7) is 7.24. The molecular weight excluding hydrogens is 270 g/mol. The zero-order valence-electron chi connectivity index (χ0n) is 12.7. The number of aliphatic hydroxyl groups is 2. The van der Waals surface area contributed by atoms with Gasteiger partial charge in [-0.2, -0.15) is 11.8 Å². The Bertz CT molecular complexity index is 398. The minimum atomic E-state index is -0.620. The summed E-state index contributed by atoms with van der Waals surface area (Å²) in [7, 11) is 0. The molecule has 20 heavy (non-hydrogen) atoms. The molecule has 0 bridgehead atoms. The molecule has 0 heterocycles. The van der Waals surface area contributed by atoms with Crippen LogP contribution in [-0.4, -0.2) is 41.0 Å². The van der Waals surface area contributed by atoms with E-state index in [1.165, 1.54) is 16.7 Å². The van der Waals surface area contributed by atoms with Crippen LogP contribution in [0.5, 0.6) is 0 Å². The average molecular weight is 297 g/mol. The number of thioether (sulfide) groups is 1.